The van der Waals surface area contributed by atoms with Crippen LogP contribution in [0.5, 0.6) is 11.5 Å². The van der Waals surface area contributed by atoms with E-state index >= 15 is 0 Å². The summed E-state index contributed by atoms with van der Waals surface area (Å²) >= 11 is 0. The Morgan fingerprint density at radius 2 is 1.95 bits per heavy atom. The van der Waals surface area contributed by atoms with Crippen LogP contribution in [0.15, 0.2) is 36.4 Å². The Kier molecular flexibility index (Phi) is 3.61. The van der Waals surface area contributed by atoms with Crippen molar-refractivity contribution in [2.75, 3.05) is 18.5 Å². The fourth-order valence-electron chi connectivity index (χ4n) is 2.15. The van der Waals surface area contributed by atoms with Crippen molar-refractivity contribution in [1.29, 1.82) is 5.26 Å². The Morgan fingerprint density at radius 1 is 1.14 bits per heavy atom. The highest BCUT2D eigenvalue weighted by molar-refractivity contribution is 5.55. The fourth-order valence-corrected chi connectivity index (χ4v) is 2.15. The second-order valence-corrected chi connectivity index (χ2v) is 4.60. The van der Waals surface area contributed by atoms with Gasteiger partial charge in [-0.25, -0.2) is 4.39 Å². The van der Waals surface area contributed by atoms with Crippen LogP contribution >= 0.6 is 0 Å². The van der Waals surface area contributed by atoms with E-state index in [1.54, 1.807) is 12.1 Å². The Labute approximate surface area is 121 Å². The second-order valence-electron chi connectivity index (χ2n) is 4.60. The van der Waals surface area contributed by atoms with Gasteiger partial charge in [-0.2, -0.15) is 5.26 Å². The maximum Gasteiger partial charge on any atom is 0.163 e. The van der Waals surface area contributed by atoms with Crippen molar-refractivity contribution in [2.24, 2.45) is 0 Å². The van der Waals surface area contributed by atoms with Gasteiger partial charge >= 0.3 is 0 Å². The van der Waals surface area contributed by atoms with Gasteiger partial charge in [0, 0.05) is 23.9 Å². The molecule has 4 nitrogen and oxygen atoms in total. The average molecular weight is 284 g/mol. The van der Waals surface area contributed by atoms with Gasteiger partial charge in [0.05, 0.1) is 5.56 Å². The van der Waals surface area contributed by atoms with Crippen molar-refractivity contribution < 1.29 is 13.9 Å². The number of rotatable bonds is 3. The number of hydrogen-bond acceptors (Lipinski definition) is 4. The number of nitrogens with one attached hydrogen (secondary N) is 1. The minimum atomic E-state index is -0.481. The summed E-state index contributed by atoms with van der Waals surface area (Å²) < 4.78 is 24.9. The van der Waals surface area contributed by atoms with Crippen LogP contribution in [0.25, 0.3) is 0 Å². The number of ether oxygens (including phenoxy) is 2. The van der Waals surface area contributed by atoms with Crippen LogP contribution in [0.1, 0.15) is 11.1 Å². The number of nitrogens with zero attached hydrogens (tertiary/aromatic N) is 1. The first-order chi connectivity index (χ1) is 10.3. The van der Waals surface area contributed by atoms with Crippen molar-refractivity contribution in [3.63, 3.8) is 0 Å². The molecule has 0 amide bonds. The maximum atomic E-state index is 13.9. The highest BCUT2D eigenvalue weighted by Gasteiger charge is 2.12. The Bertz CT molecular complexity index is 710. The normalized spacial score (nSPS) is 12.6. The summed E-state index contributed by atoms with van der Waals surface area (Å²) in [6.45, 7) is 1.36. The SMILES string of the molecule is N#Cc1cccc(CNc2ccc3c(c2)OCCO3)c1F. The van der Waals surface area contributed by atoms with Crippen molar-refractivity contribution in [1.82, 2.24) is 0 Å². The van der Waals surface area contributed by atoms with Gasteiger partial charge in [-0.15, -0.1) is 0 Å². The average Bonchev–Trinajstić information content (AvgIpc) is 2.54. The van der Waals surface area contributed by atoms with Gasteiger partial charge in [-0.3, -0.25) is 0 Å². The van der Waals surface area contributed by atoms with Gasteiger partial charge in [0.1, 0.15) is 25.1 Å². The molecule has 1 aliphatic rings. The summed E-state index contributed by atoms with van der Waals surface area (Å²) in [6.07, 6.45) is 0. The number of fused-ring (bicyclic) bond motifs is 1. The Hall–Kier alpha value is -2.74. The fraction of sp³-hybridized carbons (Fsp3) is 0.188. The molecule has 0 spiro atoms. The molecule has 0 bridgehead atoms. The monoisotopic (exact) mass is 284 g/mol. The number of nitriles is 1. The van der Waals surface area contributed by atoms with Crippen molar-refractivity contribution in [3.8, 4) is 17.6 Å². The van der Waals surface area contributed by atoms with E-state index in [1.807, 2.05) is 24.3 Å². The predicted octanol–water partition coefficient (Wildman–Crippen LogP) is 3.08. The van der Waals surface area contributed by atoms with Crippen molar-refractivity contribution in [2.45, 2.75) is 6.54 Å². The molecular weight excluding hydrogens is 271 g/mol. The van der Waals surface area contributed by atoms with Crippen LogP contribution in [0.3, 0.4) is 0 Å². The van der Waals surface area contributed by atoms with Crippen LogP contribution in [0.4, 0.5) is 10.1 Å². The van der Waals surface area contributed by atoms with Crippen molar-refractivity contribution >= 4 is 5.69 Å². The second kappa shape index (κ2) is 5.71. The molecule has 21 heavy (non-hydrogen) atoms. The summed E-state index contributed by atoms with van der Waals surface area (Å²) in [7, 11) is 0. The molecule has 2 aromatic rings. The van der Waals surface area contributed by atoms with Crippen LogP contribution in [0.2, 0.25) is 0 Å². The molecule has 1 N–H and O–H groups in total. The minimum Gasteiger partial charge on any atom is -0.486 e. The topological polar surface area (TPSA) is 54.3 Å². The van der Waals surface area contributed by atoms with Gasteiger partial charge in [-0.1, -0.05) is 12.1 Å². The molecule has 0 unspecified atom stereocenters. The third kappa shape index (κ3) is 2.75. The Morgan fingerprint density at radius 3 is 2.76 bits per heavy atom. The van der Waals surface area contributed by atoms with E-state index < -0.39 is 5.82 Å². The molecule has 1 heterocycles. The van der Waals surface area contributed by atoms with Crippen LogP contribution in [-0.2, 0) is 6.54 Å². The van der Waals surface area contributed by atoms with Gasteiger partial charge in [0.15, 0.2) is 11.5 Å². The number of halogens is 1. The zero-order valence-corrected chi connectivity index (χ0v) is 11.2. The third-order valence-corrected chi connectivity index (χ3v) is 3.22. The standard InChI is InChI=1S/C16H13FN2O2/c17-16-11(9-18)2-1-3-12(16)10-19-13-4-5-14-15(8-13)21-7-6-20-14/h1-5,8,19H,6-7,10H2. The summed E-state index contributed by atoms with van der Waals surface area (Å²) in [5.74, 6) is 0.909. The first kappa shape index (κ1) is 13.3. The lowest BCUT2D eigenvalue weighted by atomic mass is 10.1. The van der Waals surface area contributed by atoms with E-state index in [0.29, 0.717) is 36.8 Å². The number of benzene rings is 2. The van der Waals surface area contributed by atoms with Crippen LogP contribution < -0.4 is 14.8 Å². The number of anilines is 1. The molecule has 2 aromatic carbocycles. The first-order valence-corrected chi connectivity index (χ1v) is 6.59. The quantitative estimate of drug-likeness (QED) is 0.941. The molecule has 1 aliphatic heterocycles. The zero-order valence-electron chi connectivity index (χ0n) is 11.2. The lowest BCUT2D eigenvalue weighted by Gasteiger charge is -2.19. The lowest BCUT2D eigenvalue weighted by Crippen LogP contribution is -2.15. The molecule has 0 atom stereocenters. The summed E-state index contributed by atoms with van der Waals surface area (Å²) in [6, 6.07) is 12.1. The highest BCUT2D eigenvalue weighted by atomic mass is 19.1. The largest absolute Gasteiger partial charge is 0.486 e. The molecule has 106 valence electrons. The molecule has 0 fully saturated rings. The predicted molar refractivity (Wildman–Crippen MR) is 75.9 cm³/mol. The number of hydrogen-bond donors (Lipinski definition) is 1. The molecular formula is C16H13FN2O2. The van der Waals surface area contributed by atoms with Gasteiger partial charge < -0.3 is 14.8 Å². The first-order valence-electron chi connectivity index (χ1n) is 6.59. The van der Waals surface area contributed by atoms with Gasteiger partial charge in [0.2, 0.25) is 0 Å². The zero-order chi connectivity index (χ0) is 14.7. The maximum absolute atomic E-state index is 13.9. The smallest absolute Gasteiger partial charge is 0.163 e. The minimum absolute atomic E-state index is 0.0523. The van der Waals surface area contributed by atoms with Gasteiger partial charge in [0.25, 0.3) is 0 Å². The third-order valence-electron chi connectivity index (χ3n) is 3.22. The van der Waals surface area contributed by atoms with Crippen molar-refractivity contribution in [3.05, 3.63) is 53.3 Å². The van der Waals surface area contributed by atoms with E-state index in [1.165, 1.54) is 6.07 Å². The molecule has 3 rings (SSSR count). The molecule has 0 radical (unpaired) electrons. The summed E-state index contributed by atoms with van der Waals surface area (Å²) in [4.78, 5) is 0. The molecule has 0 aliphatic carbocycles. The van der Waals surface area contributed by atoms with Crippen LogP contribution in [-0.4, -0.2) is 13.2 Å². The van der Waals surface area contributed by atoms with E-state index in [-0.39, 0.29) is 5.56 Å². The summed E-state index contributed by atoms with van der Waals surface area (Å²) in [5.41, 5.74) is 1.31. The van der Waals surface area contributed by atoms with E-state index in [0.717, 1.165) is 5.69 Å². The van der Waals surface area contributed by atoms with E-state index in [4.69, 9.17) is 14.7 Å². The molecule has 0 aromatic heterocycles. The molecule has 5 heteroatoms. The van der Waals surface area contributed by atoms with E-state index in [9.17, 15) is 4.39 Å². The molecule has 0 saturated heterocycles. The molecule has 0 saturated carbocycles. The summed E-state index contributed by atoms with van der Waals surface area (Å²) in [5, 5.41) is 11.9. The van der Waals surface area contributed by atoms with Gasteiger partial charge in [-0.05, 0) is 18.2 Å². The Balaban J connectivity index is 1.75. The lowest BCUT2D eigenvalue weighted by molar-refractivity contribution is 0.171. The van der Waals surface area contributed by atoms with E-state index in [2.05, 4.69) is 5.32 Å². The van der Waals surface area contributed by atoms with Crippen LogP contribution in [0, 0.1) is 17.1 Å². The highest BCUT2D eigenvalue weighted by Crippen LogP contribution is 2.32.